The molecule has 1 heterocycles. The van der Waals surface area contributed by atoms with Crippen LogP contribution in [0.2, 0.25) is 0 Å². The smallest absolute Gasteiger partial charge is 0.147 e. The minimum atomic E-state index is 0.468. The van der Waals surface area contributed by atoms with Gasteiger partial charge in [-0.3, -0.25) is 0 Å². The van der Waals surface area contributed by atoms with Gasteiger partial charge in [0.1, 0.15) is 17.1 Å². The summed E-state index contributed by atoms with van der Waals surface area (Å²) in [6.45, 7) is 2.67. The zero-order valence-electron chi connectivity index (χ0n) is 12.4. The average molecular weight is 305 g/mol. The van der Waals surface area contributed by atoms with Crippen molar-refractivity contribution in [2.75, 3.05) is 6.61 Å². The third-order valence-corrected chi connectivity index (χ3v) is 4.92. The molecule has 1 aromatic carbocycles. The van der Waals surface area contributed by atoms with Crippen molar-refractivity contribution in [2.24, 2.45) is 11.8 Å². The van der Waals surface area contributed by atoms with Gasteiger partial charge in [-0.1, -0.05) is 6.07 Å². The van der Waals surface area contributed by atoms with Gasteiger partial charge >= 0.3 is 0 Å². The number of benzene rings is 1. The van der Waals surface area contributed by atoms with Crippen molar-refractivity contribution in [3.8, 4) is 5.75 Å². The Balaban J connectivity index is 1.87. The number of fused-ring (bicyclic) bond motifs is 1. The number of aromatic nitrogens is 2. The van der Waals surface area contributed by atoms with E-state index in [2.05, 4.69) is 16.7 Å². The lowest BCUT2D eigenvalue weighted by Gasteiger charge is -2.21. The Hall–Kier alpha value is -1.22. The molecule has 0 radical (unpaired) electrons. The summed E-state index contributed by atoms with van der Waals surface area (Å²) in [6.07, 6.45) is 5.42. The summed E-state index contributed by atoms with van der Waals surface area (Å²) < 4.78 is 8.18. The summed E-state index contributed by atoms with van der Waals surface area (Å²) >= 11 is 6.20. The topological polar surface area (TPSA) is 27.1 Å². The lowest BCUT2D eigenvalue weighted by Crippen LogP contribution is -2.15. The molecule has 0 unspecified atom stereocenters. The first-order valence-corrected chi connectivity index (χ1v) is 8.55. The van der Waals surface area contributed by atoms with Gasteiger partial charge in [-0.25, -0.2) is 4.98 Å². The predicted octanol–water partition coefficient (Wildman–Crippen LogP) is 4.53. The molecule has 0 spiro atoms. The number of halogens is 1. The first-order chi connectivity index (χ1) is 10.3. The van der Waals surface area contributed by atoms with Gasteiger partial charge in [0.25, 0.3) is 0 Å². The number of imidazole rings is 1. The number of nitrogens with zero attached hydrogens (tertiary/aromatic N) is 2. The molecule has 112 valence electrons. The van der Waals surface area contributed by atoms with Crippen molar-refractivity contribution < 1.29 is 4.74 Å². The fourth-order valence-electron chi connectivity index (χ4n) is 3.52. The highest BCUT2D eigenvalue weighted by atomic mass is 35.5. The first kappa shape index (κ1) is 13.4. The molecule has 0 atom stereocenters. The minimum absolute atomic E-state index is 0.468. The highest BCUT2D eigenvalue weighted by Gasteiger charge is 2.43. The molecular formula is C17H21ClN2O. The van der Waals surface area contributed by atoms with Crippen LogP contribution in [0.4, 0.5) is 0 Å². The molecule has 0 saturated heterocycles. The van der Waals surface area contributed by atoms with E-state index < -0.39 is 0 Å². The maximum atomic E-state index is 6.20. The maximum Gasteiger partial charge on any atom is 0.147 e. The Bertz CT molecular complexity index is 646. The molecule has 4 heteroatoms. The highest BCUT2D eigenvalue weighted by molar-refractivity contribution is 6.16. The molecule has 0 bridgehead atoms. The largest absolute Gasteiger partial charge is 0.492 e. The lowest BCUT2D eigenvalue weighted by molar-refractivity contribution is 0.343. The Morgan fingerprint density at radius 3 is 2.57 bits per heavy atom. The van der Waals surface area contributed by atoms with Crippen LogP contribution >= 0.6 is 11.6 Å². The number of ether oxygens (including phenoxy) is 1. The van der Waals surface area contributed by atoms with Crippen LogP contribution in [0.3, 0.4) is 0 Å². The first-order valence-electron chi connectivity index (χ1n) is 8.02. The van der Waals surface area contributed by atoms with Crippen molar-refractivity contribution in [2.45, 2.75) is 44.5 Å². The van der Waals surface area contributed by atoms with Crippen LogP contribution in [0.5, 0.6) is 5.75 Å². The van der Waals surface area contributed by atoms with Crippen LogP contribution in [0, 0.1) is 11.8 Å². The van der Waals surface area contributed by atoms with Crippen LogP contribution in [-0.2, 0) is 5.88 Å². The average Bonchev–Trinajstić information content (AvgIpc) is 3.39. The molecule has 4 rings (SSSR count). The predicted molar refractivity (Wildman–Crippen MR) is 84.9 cm³/mol. The Morgan fingerprint density at radius 1 is 1.29 bits per heavy atom. The quantitative estimate of drug-likeness (QED) is 0.733. The van der Waals surface area contributed by atoms with Crippen LogP contribution in [-0.4, -0.2) is 16.2 Å². The van der Waals surface area contributed by atoms with E-state index in [9.17, 15) is 0 Å². The van der Waals surface area contributed by atoms with Crippen molar-refractivity contribution in [1.82, 2.24) is 9.55 Å². The van der Waals surface area contributed by atoms with Crippen LogP contribution < -0.4 is 4.74 Å². The second-order valence-electron chi connectivity index (χ2n) is 6.25. The molecule has 21 heavy (non-hydrogen) atoms. The zero-order chi connectivity index (χ0) is 14.4. The molecule has 0 N–H and O–H groups in total. The third kappa shape index (κ3) is 2.32. The van der Waals surface area contributed by atoms with Crippen molar-refractivity contribution >= 4 is 22.6 Å². The summed E-state index contributed by atoms with van der Waals surface area (Å²) in [5.74, 6) is 4.00. The number of alkyl halides is 1. The summed E-state index contributed by atoms with van der Waals surface area (Å²) in [6, 6.07) is 6.84. The van der Waals surface area contributed by atoms with Gasteiger partial charge in [-0.05, 0) is 56.6 Å². The van der Waals surface area contributed by atoms with Gasteiger partial charge in [0.05, 0.1) is 18.0 Å². The number of hydrogen-bond donors (Lipinski definition) is 0. The van der Waals surface area contributed by atoms with E-state index in [-0.39, 0.29) is 0 Å². The normalized spacial score (nSPS) is 18.6. The summed E-state index contributed by atoms with van der Waals surface area (Å²) in [7, 11) is 0. The Labute approximate surface area is 130 Å². The second kappa shape index (κ2) is 5.20. The molecule has 2 aliphatic carbocycles. The zero-order valence-corrected chi connectivity index (χ0v) is 13.1. The van der Waals surface area contributed by atoms with Crippen LogP contribution in [0.25, 0.3) is 11.0 Å². The second-order valence-corrected chi connectivity index (χ2v) is 6.52. The van der Waals surface area contributed by atoms with Gasteiger partial charge in [0, 0.05) is 6.04 Å². The van der Waals surface area contributed by atoms with Crippen LogP contribution in [0.15, 0.2) is 18.2 Å². The van der Waals surface area contributed by atoms with E-state index in [4.69, 9.17) is 21.3 Å². The van der Waals surface area contributed by atoms with E-state index in [1.807, 2.05) is 13.0 Å². The Kier molecular flexibility index (Phi) is 3.33. The summed E-state index contributed by atoms with van der Waals surface area (Å²) in [4.78, 5) is 4.80. The maximum absolute atomic E-state index is 6.20. The molecule has 3 nitrogen and oxygen atoms in total. The van der Waals surface area contributed by atoms with E-state index in [0.717, 1.165) is 28.9 Å². The fourth-order valence-corrected chi connectivity index (χ4v) is 3.71. The SMILES string of the molecule is CCOc1cccc2c1nc(CCl)n2C(C1CC1)C1CC1. The van der Waals surface area contributed by atoms with Crippen LogP contribution in [0.1, 0.15) is 44.5 Å². The monoisotopic (exact) mass is 304 g/mol. The highest BCUT2D eigenvalue weighted by Crippen LogP contribution is 2.53. The number of para-hydroxylation sites is 1. The van der Waals surface area contributed by atoms with E-state index in [0.29, 0.717) is 18.5 Å². The molecule has 1 aromatic heterocycles. The van der Waals surface area contributed by atoms with Gasteiger partial charge in [0.2, 0.25) is 0 Å². The standard InChI is InChI=1S/C17H21ClN2O/c1-2-21-14-5-3-4-13-16(14)19-15(10-18)20(13)17(11-6-7-11)12-8-9-12/h3-5,11-12,17H,2,6-10H2,1H3. The van der Waals surface area contributed by atoms with E-state index in [1.54, 1.807) is 0 Å². The Morgan fingerprint density at radius 2 is 2.00 bits per heavy atom. The van der Waals surface area contributed by atoms with E-state index in [1.165, 1.54) is 31.2 Å². The minimum Gasteiger partial charge on any atom is -0.492 e. The van der Waals surface area contributed by atoms with Gasteiger partial charge in [-0.2, -0.15) is 0 Å². The van der Waals surface area contributed by atoms with E-state index >= 15 is 0 Å². The number of hydrogen-bond acceptors (Lipinski definition) is 2. The lowest BCUT2D eigenvalue weighted by atomic mass is 10.1. The van der Waals surface area contributed by atoms with Crippen molar-refractivity contribution in [3.05, 3.63) is 24.0 Å². The van der Waals surface area contributed by atoms with Gasteiger partial charge in [0.15, 0.2) is 0 Å². The molecular weight excluding hydrogens is 284 g/mol. The molecule has 2 saturated carbocycles. The molecule has 2 fully saturated rings. The third-order valence-electron chi connectivity index (χ3n) is 4.68. The van der Waals surface area contributed by atoms with Crippen molar-refractivity contribution in [3.63, 3.8) is 0 Å². The van der Waals surface area contributed by atoms with Crippen molar-refractivity contribution in [1.29, 1.82) is 0 Å². The summed E-state index contributed by atoms with van der Waals surface area (Å²) in [5.41, 5.74) is 2.17. The van der Waals surface area contributed by atoms with Gasteiger partial charge in [-0.15, -0.1) is 11.6 Å². The molecule has 0 amide bonds. The molecule has 2 aliphatic rings. The van der Waals surface area contributed by atoms with Gasteiger partial charge < -0.3 is 9.30 Å². The molecule has 0 aliphatic heterocycles. The molecule has 2 aromatic rings. The number of rotatable bonds is 6. The fraction of sp³-hybridized carbons (Fsp3) is 0.588. The summed E-state index contributed by atoms with van der Waals surface area (Å²) in [5, 5.41) is 0.